The van der Waals surface area contributed by atoms with Gasteiger partial charge in [-0.25, -0.2) is 0 Å². The average molecular weight is 290 g/mol. The van der Waals surface area contributed by atoms with Crippen LogP contribution in [0.1, 0.15) is 29.0 Å². The number of aryl methyl sites for hydroxylation is 1. The van der Waals surface area contributed by atoms with Crippen molar-refractivity contribution < 1.29 is 4.79 Å². The molecule has 1 aromatic heterocycles. The first kappa shape index (κ1) is 12.7. The van der Waals surface area contributed by atoms with Gasteiger partial charge in [-0.15, -0.1) is 11.3 Å². The number of hydrogen-bond donors (Lipinski definition) is 1. The molecular weight excluding hydrogens is 274 g/mol. The Hall–Kier alpha value is -0.350. The van der Waals surface area contributed by atoms with Crippen LogP contribution in [0.4, 0.5) is 0 Å². The third-order valence-electron chi connectivity index (χ3n) is 2.04. The summed E-state index contributed by atoms with van der Waals surface area (Å²) >= 11 is 5.08. The van der Waals surface area contributed by atoms with E-state index in [1.54, 1.807) is 11.3 Å². The van der Waals surface area contributed by atoms with Crippen LogP contribution in [0, 0.1) is 6.92 Å². The van der Waals surface area contributed by atoms with Crippen molar-refractivity contribution >= 4 is 33.2 Å². The second-order valence-electron chi connectivity index (χ2n) is 3.44. The average Bonchev–Trinajstić information content (AvgIpc) is 2.62. The molecule has 2 nitrogen and oxygen atoms in total. The fourth-order valence-electron chi connectivity index (χ4n) is 1.23. The molecule has 1 rings (SSSR count). The van der Waals surface area contributed by atoms with E-state index in [9.17, 15) is 4.79 Å². The fraction of sp³-hybridized carbons (Fsp3) is 0.545. The van der Waals surface area contributed by atoms with E-state index in [1.807, 2.05) is 0 Å². The lowest BCUT2D eigenvalue weighted by Crippen LogP contribution is -2.21. The van der Waals surface area contributed by atoms with Crippen LogP contribution in [0.3, 0.4) is 0 Å². The van der Waals surface area contributed by atoms with Gasteiger partial charge in [0.05, 0.1) is 6.54 Å². The molecule has 1 N–H and O–H groups in total. The molecule has 0 saturated carbocycles. The summed E-state index contributed by atoms with van der Waals surface area (Å²) in [6, 6.07) is 4.15. The zero-order valence-corrected chi connectivity index (χ0v) is 11.3. The second-order valence-corrected chi connectivity index (χ2v) is 5.60. The maximum Gasteiger partial charge on any atom is 0.220 e. The summed E-state index contributed by atoms with van der Waals surface area (Å²) in [6.07, 6.45) is 2.65. The van der Waals surface area contributed by atoms with Gasteiger partial charge in [-0.3, -0.25) is 4.79 Å². The molecule has 0 radical (unpaired) electrons. The molecule has 1 heterocycles. The molecule has 4 heteroatoms. The smallest absolute Gasteiger partial charge is 0.220 e. The summed E-state index contributed by atoms with van der Waals surface area (Å²) in [7, 11) is 0. The van der Waals surface area contributed by atoms with Gasteiger partial charge in [-0.2, -0.15) is 0 Å². The molecule has 0 aromatic carbocycles. The second kappa shape index (κ2) is 7.01. The Kier molecular flexibility index (Phi) is 5.95. The summed E-state index contributed by atoms with van der Waals surface area (Å²) < 4.78 is 0. The molecule has 0 aliphatic rings. The van der Waals surface area contributed by atoms with Crippen LogP contribution >= 0.6 is 27.3 Å². The van der Waals surface area contributed by atoms with Crippen LogP contribution in [0.25, 0.3) is 0 Å². The first-order chi connectivity index (χ1) is 7.22. The highest BCUT2D eigenvalue weighted by Gasteiger charge is 2.01. The number of alkyl halides is 1. The van der Waals surface area contributed by atoms with Gasteiger partial charge in [0.1, 0.15) is 0 Å². The summed E-state index contributed by atoms with van der Waals surface area (Å²) in [5.74, 6) is 0.155. The van der Waals surface area contributed by atoms with Crippen LogP contribution in [0.5, 0.6) is 0 Å². The number of rotatable bonds is 6. The number of unbranched alkanes of at least 4 members (excludes halogenated alkanes) is 1. The Balaban J connectivity index is 2.16. The maximum absolute atomic E-state index is 11.4. The SMILES string of the molecule is Cc1ccc(CNC(=O)CCCCBr)s1. The number of hydrogen-bond acceptors (Lipinski definition) is 2. The third kappa shape index (κ3) is 5.33. The van der Waals surface area contributed by atoms with Crippen LogP contribution in [0.15, 0.2) is 12.1 Å². The van der Waals surface area contributed by atoms with Crippen molar-refractivity contribution in [3.8, 4) is 0 Å². The van der Waals surface area contributed by atoms with E-state index in [1.165, 1.54) is 9.75 Å². The minimum Gasteiger partial charge on any atom is -0.351 e. The predicted molar refractivity (Wildman–Crippen MR) is 68.5 cm³/mol. The monoisotopic (exact) mass is 289 g/mol. The van der Waals surface area contributed by atoms with Gasteiger partial charge in [0.15, 0.2) is 0 Å². The molecule has 1 aromatic rings. The minimum atomic E-state index is 0.155. The van der Waals surface area contributed by atoms with Crippen molar-refractivity contribution in [3.63, 3.8) is 0 Å². The highest BCUT2D eigenvalue weighted by molar-refractivity contribution is 9.09. The number of nitrogens with one attached hydrogen (secondary N) is 1. The molecule has 0 aliphatic carbocycles. The van der Waals surface area contributed by atoms with Crippen molar-refractivity contribution in [2.24, 2.45) is 0 Å². The highest BCUT2D eigenvalue weighted by Crippen LogP contribution is 2.14. The molecular formula is C11H16BrNOS. The number of halogens is 1. The van der Waals surface area contributed by atoms with E-state index in [-0.39, 0.29) is 5.91 Å². The van der Waals surface area contributed by atoms with Crippen LogP contribution in [0.2, 0.25) is 0 Å². The standard InChI is InChI=1S/C11H16BrNOS/c1-9-5-6-10(15-9)8-13-11(14)4-2-3-7-12/h5-6H,2-4,7-8H2,1H3,(H,13,14). The van der Waals surface area contributed by atoms with Gasteiger partial charge in [0, 0.05) is 21.5 Å². The molecule has 0 spiro atoms. The lowest BCUT2D eigenvalue weighted by molar-refractivity contribution is -0.121. The van der Waals surface area contributed by atoms with Crippen LogP contribution < -0.4 is 5.32 Å². The summed E-state index contributed by atoms with van der Waals surface area (Å²) in [5, 5.41) is 3.90. The van der Waals surface area contributed by atoms with E-state index >= 15 is 0 Å². The first-order valence-electron chi connectivity index (χ1n) is 5.10. The van der Waals surface area contributed by atoms with E-state index < -0.39 is 0 Å². The Bertz CT molecular complexity index is 311. The molecule has 1 amide bonds. The zero-order valence-electron chi connectivity index (χ0n) is 8.88. The summed E-state index contributed by atoms with van der Waals surface area (Å²) in [4.78, 5) is 13.9. The van der Waals surface area contributed by atoms with Gasteiger partial charge in [0.25, 0.3) is 0 Å². The fourth-order valence-corrected chi connectivity index (χ4v) is 2.46. The number of thiophene rings is 1. The normalized spacial score (nSPS) is 10.3. The topological polar surface area (TPSA) is 29.1 Å². The largest absolute Gasteiger partial charge is 0.351 e. The predicted octanol–water partition coefficient (Wildman–Crippen LogP) is 3.24. The molecule has 0 fully saturated rings. The molecule has 15 heavy (non-hydrogen) atoms. The Morgan fingerprint density at radius 3 is 2.87 bits per heavy atom. The van der Waals surface area contributed by atoms with Gasteiger partial charge < -0.3 is 5.32 Å². The third-order valence-corrected chi connectivity index (χ3v) is 3.60. The lowest BCUT2D eigenvalue weighted by atomic mass is 10.2. The summed E-state index contributed by atoms with van der Waals surface area (Å²) in [6.45, 7) is 2.75. The molecule has 0 unspecified atom stereocenters. The van der Waals surface area contributed by atoms with E-state index in [0.29, 0.717) is 13.0 Å². The Labute approximate surface area is 103 Å². The minimum absolute atomic E-state index is 0.155. The number of carbonyl (C=O) groups excluding carboxylic acids is 1. The van der Waals surface area contributed by atoms with E-state index in [0.717, 1.165) is 18.2 Å². The van der Waals surface area contributed by atoms with E-state index in [2.05, 4.69) is 40.3 Å². The van der Waals surface area contributed by atoms with Gasteiger partial charge in [0.2, 0.25) is 5.91 Å². The van der Waals surface area contributed by atoms with Gasteiger partial charge >= 0.3 is 0 Å². The molecule has 84 valence electrons. The maximum atomic E-state index is 11.4. The van der Waals surface area contributed by atoms with Crippen molar-refractivity contribution in [1.82, 2.24) is 5.32 Å². The number of carbonyl (C=O) groups is 1. The van der Waals surface area contributed by atoms with Crippen LogP contribution in [-0.2, 0) is 11.3 Å². The Morgan fingerprint density at radius 1 is 1.47 bits per heavy atom. The number of amides is 1. The van der Waals surface area contributed by atoms with Crippen LogP contribution in [-0.4, -0.2) is 11.2 Å². The van der Waals surface area contributed by atoms with Crippen molar-refractivity contribution in [2.45, 2.75) is 32.7 Å². The van der Waals surface area contributed by atoms with Crippen molar-refractivity contribution in [1.29, 1.82) is 0 Å². The molecule has 0 bridgehead atoms. The van der Waals surface area contributed by atoms with Crippen molar-refractivity contribution in [3.05, 3.63) is 21.9 Å². The highest BCUT2D eigenvalue weighted by atomic mass is 79.9. The van der Waals surface area contributed by atoms with E-state index in [4.69, 9.17) is 0 Å². The zero-order chi connectivity index (χ0) is 11.1. The van der Waals surface area contributed by atoms with Gasteiger partial charge in [-0.1, -0.05) is 15.9 Å². The Morgan fingerprint density at radius 2 is 2.27 bits per heavy atom. The van der Waals surface area contributed by atoms with Gasteiger partial charge in [-0.05, 0) is 31.9 Å². The lowest BCUT2D eigenvalue weighted by Gasteiger charge is -2.02. The first-order valence-corrected chi connectivity index (χ1v) is 7.04. The molecule has 0 atom stereocenters. The van der Waals surface area contributed by atoms with Crippen molar-refractivity contribution in [2.75, 3.05) is 5.33 Å². The summed E-state index contributed by atoms with van der Waals surface area (Å²) in [5.41, 5.74) is 0. The molecule has 0 saturated heterocycles. The molecule has 0 aliphatic heterocycles. The quantitative estimate of drug-likeness (QED) is 0.632.